The van der Waals surface area contributed by atoms with Gasteiger partial charge in [-0.3, -0.25) is 19.4 Å². The second-order valence-corrected chi connectivity index (χ2v) is 6.65. The van der Waals surface area contributed by atoms with Crippen molar-refractivity contribution in [2.75, 3.05) is 11.4 Å². The number of pyridine rings is 1. The molecule has 1 aliphatic rings. The molecule has 2 aromatic rings. The van der Waals surface area contributed by atoms with Crippen molar-refractivity contribution in [3.8, 4) is 11.4 Å². The first-order chi connectivity index (χ1) is 10.4. The highest BCUT2D eigenvalue weighted by Crippen LogP contribution is 2.28. The highest BCUT2D eigenvalue weighted by Gasteiger charge is 2.40. The van der Waals surface area contributed by atoms with E-state index >= 15 is 0 Å². The van der Waals surface area contributed by atoms with Crippen molar-refractivity contribution in [3.63, 3.8) is 0 Å². The summed E-state index contributed by atoms with van der Waals surface area (Å²) in [6, 6.07) is 6.98. The molecule has 0 aromatic carbocycles. The Bertz CT molecular complexity index is 819. The Morgan fingerprint density at radius 1 is 1.32 bits per heavy atom. The van der Waals surface area contributed by atoms with Crippen LogP contribution >= 0.6 is 0 Å². The molecule has 22 heavy (non-hydrogen) atoms. The smallest absolute Gasteiger partial charge is 0.296 e. The second-order valence-electron chi connectivity index (χ2n) is 5.03. The number of amides is 1. The van der Waals surface area contributed by atoms with Crippen LogP contribution < -0.4 is 4.90 Å². The Kier molecular flexibility index (Phi) is 3.44. The summed E-state index contributed by atoms with van der Waals surface area (Å²) in [5.41, 5.74) is 1.18. The number of hydrogen-bond acceptors (Lipinski definition) is 5. The van der Waals surface area contributed by atoms with Gasteiger partial charge in [0.05, 0.1) is 5.69 Å². The van der Waals surface area contributed by atoms with E-state index in [0.717, 1.165) is 0 Å². The lowest BCUT2D eigenvalue weighted by molar-refractivity contribution is -0.117. The molecule has 1 saturated heterocycles. The molecule has 0 bridgehead atoms. The van der Waals surface area contributed by atoms with Crippen LogP contribution in [0.1, 0.15) is 6.42 Å². The summed E-state index contributed by atoms with van der Waals surface area (Å²) in [7, 11) is -3.11. The monoisotopic (exact) mass is 324 g/mol. The zero-order valence-corrected chi connectivity index (χ0v) is 12.5. The van der Waals surface area contributed by atoms with Crippen LogP contribution in [-0.4, -0.2) is 40.9 Å². The zero-order chi connectivity index (χ0) is 15.9. The molecule has 2 aromatic heterocycles. The number of anilines is 1. The van der Waals surface area contributed by atoms with Crippen LogP contribution in [0.5, 0.6) is 0 Å². The topological polar surface area (TPSA) is 85.2 Å². The minimum absolute atomic E-state index is 0.209. The first-order valence-electron chi connectivity index (χ1n) is 6.55. The number of carbonyl (C=O) groups excluding carboxylic acids is 1. The quantitative estimate of drug-likeness (QED) is 0.783. The van der Waals surface area contributed by atoms with Gasteiger partial charge in [-0.15, -0.1) is 3.89 Å². The van der Waals surface area contributed by atoms with Crippen LogP contribution in [0.15, 0.2) is 30.5 Å². The van der Waals surface area contributed by atoms with Gasteiger partial charge in [0.15, 0.2) is 0 Å². The minimum Gasteiger partial charge on any atom is -0.296 e. The van der Waals surface area contributed by atoms with Crippen LogP contribution in [0.25, 0.3) is 11.4 Å². The number of carbonyl (C=O) groups is 1. The highest BCUT2D eigenvalue weighted by molar-refractivity contribution is 7.87. The summed E-state index contributed by atoms with van der Waals surface area (Å²) >= 11 is 0. The van der Waals surface area contributed by atoms with Crippen molar-refractivity contribution in [1.29, 1.82) is 0 Å². The van der Waals surface area contributed by atoms with Gasteiger partial charge < -0.3 is 0 Å². The first-order valence-corrected chi connectivity index (χ1v) is 8.00. The molecule has 1 unspecified atom stereocenters. The summed E-state index contributed by atoms with van der Waals surface area (Å²) in [6.07, 6.45) is 1.26. The Morgan fingerprint density at radius 2 is 2.09 bits per heavy atom. The fraction of sp³-hybridized carbons (Fsp3) is 0.308. The van der Waals surface area contributed by atoms with Gasteiger partial charge in [0.2, 0.25) is 5.91 Å². The zero-order valence-electron chi connectivity index (χ0n) is 11.7. The van der Waals surface area contributed by atoms with E-state index in [1.54, 1.807) is 31.4 Å². The third kappa shape index (κ3) is 2.59. The molecule has 116 valence electrons. The van der Waals surface area contributed by atoms with Gasteiger partial charge in [0.1, 0.15) is 16.8 Å². The average Bonchev–Trinajstić information content (AvgIpc) is 3.02. The largest absolute Gasteiger partial charge is 0.307 e. The Balaban J connectivity index is 1.93. The van der Waals surface area contributed by atoms with Gasteiger partial charge in [0.25, 0.3) is 0 Å². The van der Waals surface area contributed by atoms with E-state index in [1.807, 2.05) is 6.07 Å². The fourth-order valence-electron chi connectivity index (χ4n) is 2.43. The van der Waals surface area contributed by atoms with E-state index in [4.69, 9.17) is 0 Å². The minimum atomic E-state index is -4.74. The molecule has 1 atom stereocenters. The Hall–Kier alpha value is -2.29. The molecular weight excluding hydrogens is 311 g/mol. The number of nitrogens with zero attached hydrogens (tertiary/aromatic N) is 4. The van der Waals surface area contributed by atoms with E-state index in [9.17, 15) is 17.1 Å². The van der Waals surface area contributed by atoms with Gasteiger partial charge in [-0.25, -0.2) is 0 Å². The van der Waals surface area contributed by atoms with Gasteiger partial charge in [0, 0.05) is 32.3 Å². The van der Waals surface area contributed by atoms with Gasteiger partial charge in [-0.05, 0) is 12.1 Å². The molecule has 3 rings (SSSR count). The molecule has 0 saturated carbocycles. The molecule has 0 spiro atoms. The third-order valence-electron chi connectivity index (χ3n) is 3.55. The summed E-state index contributed by atoms with van der Waals surface area (Å²) in [6.45, 7) is -0.209. The van der Waals surface area contributed by atoms with Crippen molar-refractivity contribution < 1.29 is 17.1 Å². The number of hydrogen-bond donors (Lipinski definition) is 0. The molecule has 1 aliphatic heterocycles. The molecular formula is C13H13FN4O3S. The maximum atomic E-state index is 13.1. The molecule has 9 heteroatoms. The lowest BCUT2D eigenvalue weighted by Gasteiger charge is -2.15. The Labute approximate surface area is 126 Å². The predicted molar refractivity (Wildman–Crippen MR) is 77.2 cm³/mol. The summed E-state index contributed by atoms with van der Waals surface area (Å²) in [5.74, 6) is -0.0291. The number of aromatic nitrogens is 3. The normalized spacial score (nSPS) is 18.9. The summed E-state index contributed by atoms with van der Waals surface area (Å²) in [4.78, 5) is 17.4. The molecule has 0 N–H and O–H groups in total. The standard InChI is InChI=1S/C13H13FN4O3S/c1-17-12(7-11(16-17)10-4-2-3-5-15-10)18-8-9(6-13(18)19)22(14,20)21/h2-5,7,9H,6,8H2,1H3. The first kappa shape index (κ1) is 14.6. The summed E-state index contributed by atoms with van der Waals surface area (Å²) in [5, 5.41) is 2.94. The second kappa shape index (κ2) is 5.16. The van der Waals surface area contributed by atoms with Gasteiger partial charge >= 0.3 is 10.2 Å². The van der Waals surface area contributed by atoms with E-state index in [0.29, 0.717) is 17.2 Å². The van der Waals surface area contributed by atoms with E-state index < -0.39 is 21.4 Å². The molecule has 0 radical (unpaired) electrons. The number of rotatable bonds is 3. The van der Waals surface area contributed by atoms with Crippen molar-refractivity contribution in [2.45, 2.75) is 11.7 Å². The van der Waals surface area contributed by atoms with Crippen LogP contribution in [0, 0.1) is 0 Å². The third-order valence-corrected chi connectivity index (χ3v) is 4.66. The van der Waals surface area contributed by atoms with Crippen LogP contribution in [-0.2, 0) is 22.1 Å². The Morgan fingerprint density at radius 3 is 2.68 bits per heavy atom. The summed E-state index contributed by atoms with van der Waals surface area (Å²) < 4.78 is 36.5. The van der Waals surface area contributed by atoms with Crippen molar-refractivity contribution in [1.82, 2.24) is 14.8 Å². The van der Waals surface area contributed by atoms with Crippen LogP contribution in [0.2, 0.25) is 0 Å². The van der Waals surface area contributed by atoms with Crippen molar-refractivity contribution in [2.24, 2.45) is 7.05 Å². The van der Waals surface area contributed by atoms with Gasteiger partial charge in [-0.1, -0.05) is 6.07 Å². The molecule has 1 fully saturated rings. The lowest BCUT2D eigenvalue weighted by Crippen LogP contribution is -2.28. The van der Waals surface area contributed by atoms with Crippen molar-refractivity contribution >= 4 is 21.9 Å². The van der Waals surface area contributed by atoms with Gasteiger partial charge in [-0.2, -0.15) is 13.5 Å². The van der Waals surface area contributed by atoms with Crippen LogP contribution in [0.4, 0.5) is 9.70 Å². The SMILES string of the molecule is Cn1nc(-c2ccccn2)cc1N1CC(S(=O)(=O)F)CC1=O. The predicted octanol–water partition coefficient (Wildman–Crippen LogP) is 0.887. The van der Waals surface area contributed by atoms with Crippen molar-refractivity contribution in [3.05, 3.63) is 30.5 Å². The highest BCUT2D eigenvalue weighted by atomic mass is 32.3. The molecule has 3 heterocycles. The molecule has 1 amide bonds. The lowest BCUT2D eigenvalue weighted by atomic mass is 10.3. The number of aryl methyl sites for hydroxylation is 1. The van der Waals surface area contributed by atoms with E-state index in [1.165, 1.54) is 9.58 Å². The van der Waals surface area contributed by atoms with Crippen LogP contribution in [0.3, 0.4) is 0 Å². The maximum Gasteiger partial charge on any atom is 0.307 e. The molecule has 0 aliphatic carbocycles. The van der Waals surface area contributed by atoms with E-state index in [2.05, 4.69) is 10.1 Å². The maximum absolute atomic E-state index is 13.1. The fourth-order valence-corrected chi connectivity index (χ4v) is 3.10. The average molecular weight is 324 g/mol. The number of halogens is 1. The van der Waals surface area contributed by atoms with E-state index in [-0.39, 0.29) is 13.0 Å². The molecule has 7 nitrogen and oxygen atoms in total.